The van der Waals surface area contributed by atoms with Crippen molar-refractivity contribution >= 4 is 5.91 Å². The van der Waals surface area contributed by atoms with Gasteiger partial charge in [0.05, 0.1) is 0 Å². The van der Waals surface area contributed by atoms with Gasteiger partial charge in [-0.15, -0.1) is 0 Å². The number of hydrogen-bond acceptors (Lipinski definition) is 1. The van der Waals surface area contributed by atoms with Crippen molar-refractivity contribution in [3.63, 3.8) is 0 Å². The maximum atomic E-state index is 14.1. The molecule has 0 aliphatic heterocycles. The lowest BCUT2D eigenvalue weighted by molar-refractivity contribution is 0.0948. The van der Waals surface area contributed by atoms with Crippen LogP contribution in [0.15, 0.2) is 36.4 Å². The molecule has 3 rings (SSSR count). The lowest BCUT2D eigenvalue weighted by Gasteiger charge is -2.19. The van der Waals surface area contributed by atoms with Crippen molar-refractivity contribution in [1.29, 1.82) is 0 Å². The van der Waals surface area contributed by atoms with Crippen LogP contribution in [0.25, 0.3) is 0 Å². The smallest absolute Gasteiger partial charge is 0.251 e. The van der Waals surface area contributed by atoms with Gasteiger partial charge >= 0.3 is 0 Å². The van der Waals surface area contributed by atoms with E-state index < -0.39 is 17.0 Å². The Morgan fingerprint density at radius 1 is 1.17 bits per heavy atom. The number of aryl methyl sites for hydroxylation is 1. The van der Waals surface area contributed by atoms with E-state index in [0.717, 1.165) is 12.5 Å². The van der Waals surface area contributed by atoms with Crippen molar-refractivity contribution in [3.05, 3.63) is 70.5 Å². The van der Waals surface area contributed by atoms with E-state index in [1.807, 2.05) is 6.92 Å². The molecule has 126 valence electrons. The van der Waals surface area contributed by atoms with Crippen LogP contribution in [0.4, 0.5) is 13.2 Å². The fourth-order valence-corrected chi connectivity index (χ4v) is 3.22. The summed E-state index contributed by atoms with van der Waals surface area (Å²) in [5.74, 6) is -1.73. The second-order valence-electron chi connectivity index (χ2n) is 6.53. The van der Waals surface area contributed by atoms with Crippen LogP contribution in [0.5, 0.6) is 0 Å². The predicted octanol–water partition coefficient (Wildman–Crippen LogP) is 4.12. The molecule has 2 nitrogen and oxygen atoms in total. The highest BCUT2D eigenvalue weighted by Crippen LogP contribution is 2.54. The van der Waals surface area contributed by atoms with Crippen LogP contribution in [0.3, 0.4) is 0 Å². The Labute approximate surface area is 138 Å². The third-order valence-corrected chi connectivity index (χ3v) is 4.91. The first kappa shape index (κ1) is 16.6. The highest BCUT2D eigenvalue weighted by Gasteiger charge is 2.53. The number of benzene rings is 2. The lowest BCUT2D eigenvalue weighted by Crippen LogP contribution is -2.33. The molecule has 1 N–H and O–H groups in total. The Morgan fingerprint density at radius 2 is 1.88 bits per heavy atom. The molecule has 0 bridgehead atoms. The zero-order valence-electron chi connectivity index (χ0n) is 13.5. The molecule has 0 saturated heterocycles. The third-order valence-electron chi connectivity index (χ3n) is 4.91. The van der Waals surface area contributed by atoms with Crippen molar-refractivity contribution in [2.75, 3.05) is 6.54 Å². The molecule has 1 saturated carbocycles. The molecule has 1 aliphatic carbocycles. The second-order valence-corrected chi connectivity index (χ2v) is 6.53. The average molecular weight is 333 g/mol. The maximum absolute atomic E-state index is 14.1. The summed E-state index contributed by atoms with van der Waals surface area (Å²) in [7, 11) is 0. The third kappa shape index (κ3) is 2.90. The van der Waals surface area contributed by atoms with E-state index in [2.05, 4.69) is 5.32 Å². The highest BCUT2D eigenvalue weighted by molar-refractivity contribution is 5.94. The number of hydrogen-bond donors (Lipinski definition) is 1. The molecule has 5 heteroatoms. The number of halogens is 3. The summed E-state index contributed by atoms with van der Waals surface area (Å²) >= 11 is 0. The molecular formula is C19H18F3NO. The van der Waals surface area contributed by atoms with E-state index in [9.17, 15) is 18.0 Å². The molecule has 24 heavy (non-hydrogen) atoms. The van der Waals surface area contributed by atoms with Crippen LogP contribution in [0, 0.1) is 30.3 Å². The topological polar surface area (TPSA) is 29.1 Å². The quantitative estimate of drug-likeness (QED) is 0.896. The summed E-state index contributed by atoms with van der Waals surface area (Å²) in [5, 5.41) is 2.80. The molecule has 0 radical (unpaired) electrons. The van der Waals surface area contributed by atoms with Gasteiger partial charge in [0.15, 0.2) is 0 Å². The van der Waals surface area contributed by atoms with Crippen molar-refractivity contribution in [3.8, 4) is 0 Å². The molecule has 0 heterocycles. The molecule has 0 aromatic heterocycles. The van der Waals surface area contributed by atoms with E-state index in [-0.39, 0.29) is 24.2 Å². The van der Waals surface area contributed by atoms with Crippen molar-refractivity contribution in [2.45, 2.75) is 25.7 Å². The van der Waals surface area contributed by atoms with Crippen molar-refractivity contribution < 1.29 is 18.0 Å². The molecule has 1 fully saturated rings. The van der Waals surface area contributed by atoms with E-state index in [1.165, 1.54) is 30.3 Å². The van der Waals surface area contributed by atoms with Crippen LogP contribution in [0.1, 0.15) is 34.8 Å². The minimum absolute atomic E-state index is 0.188. The van der Waals surface area contributed by atoms with E-state index >= 15 is 0 Å². The van der Waals surface area contributed by atoms with Crippen molar-refractivity contribution in [2.24, 2.45) is 5.92 Å². The van der Waals surface area contributed by atoms with Crippen LogP contribution < -0.4 is 5.32 Å². The first-order valence-corrected chi connectivity index (χ1v) is 7.83. The normalized spacial score (nSPS) is 22.3. The molecule has 0 spiro atoms. The summed E-state index contributed by atoms with van der Waals surface area (Å²) in [6, 6.07) is 7.69. The number of amides is 1. The van der Waals surface area contributed by atoms with Crippen LogP contribution in [-0.4, -0.2) is 12.5 Å². The van der Waals surface area contributed by atoms with Gasteiger partial charge in [0, 0.05) is 23.6 Å². The SMILES string of the molecule is Cc1cc(C(=O)NCC2(c3ccc(F)cc3F)CC2C)ccc1F. The van der Waals surface area contributed by atoms with Gasteiger partial charge in [-0.05, 0) is 54.7 Å². The van der Waals surface area contributed by atoms with Gasteiger partial charge in [-0.2, -0.15) is 0 Å². The Balaban J connectivity index is 1.76. The first-order valence-electron chi connectivity index (χ1n) is 7.83. The van der Waals surface area contributed by atoms with Crippen LogP contribution in [-0.2, 0) is 5.41 Å². The highest BCUT2D eigenvalue weighted by atomic mass is 19.1. The van der Waals surface area contributed by atoms with Gasteiger partial charge in [-0.1, -0.05) is 13.0 Å². The Bertz CT molecular complexity index is 805. The minimum atomic E-state index is -0.620. The van der Waals surface area contributed by atoms with Crippen LogP contribution >= 0.6 is 0 Å². The zero-order valence-corrected chi connectivity index (χ0v) is 13.5. The van der Waals surface area contributed by atoms with Gasteiger partial charge in [-0.3, -0.25) is 4.79 Å². The van der Waals surface area contributed by atoms with Crippen LogP contribution in [0.2, 0.25) is 0 Å². The lowest BCUT2D eigenvalue weighted by atomic mass is 9.92. The zero-order chi connectivity index (χ0) is 17.5. The average Bonchev–Trinajstić information content (AvgIpc) is 3.18. The molecule has 2 atom stereocenters. The summed E-state index contributed by atoms with van der Waals surface area (Å²) in [6.07, 6.45) is 0.721. The van der Waals surface area contributed by atoms with E-state index in [1.54, 1.807) is 6.92 Å². The Morgan fingerprint density at radius 3 is 2.46 bits per heavy atom. The number of carbonyl (C=O) groups is 1. The summed E-state index contributed by atoms with van der Waals surface area (Å²) in [6.45, 7) is 3.81. The first-order chi connectivity index (χ1) is 11.3. The Kier molecular flexibility index (Phi) is 4.11. The summed E-state index contributed by atoms with van der Waals surface area (Å²) in [5.41, 5.74) is 0.661. The molecule has 1 aliphatic rings. The molecule has 2 aromatic rings. The molecule has 1 amide bonds. The largest absolute Gasteiger partial charge is 0.351 e. The van der Waals surface area contributed by atoms with Crippen molar-refractivity contribution in [1.82, 2.24) is 5.32 Å². The van der Waals surface area contributed by atoms with Gasteiger partial charge < -0.3 is 5.32 Å². The van der Waals surface area contributed by atoms with Gasteiger partial charge in [0.1, 0.15) is 17.5 Å². The molecular weight excluding hydrogens is 315 g/mol. The fraction of sp³-hybridized carbons (Fsp3) is 0.316. The van der Waals surface area contributed by atoms with E-state index in [0.29, 0.717) is 16.7 Å². The number of carbonyl (C=O) groups excluding carboxylic acids is 1. The monoisotopic (exact) mass is 333 g/mol. The van der Waals surface area contributed by atoms with Gasteiger partial charge in [0.25, 0.3) is 5.91 Å². The molecule has 2 unspecified atom stereocenters. The predicted molar refractivity (Wildman–Crippen MR) is 85.3 cm³/mol. The van der Waals surface area contributed by atoms with Gasteiger partial charge in [-0.25, -0.2) is 13.2 Å². The number of nitrogens with one attached hydrogen (secondary N) is 1. The maximum Gasteiger partial charge on any atom is 0.251 e. The van der Waals surface area contributed by atoms with E-state index in [4.69, 9.17) is 0 Å². The molecule has 2 aromatic carbocycles. The summed E-state index contributed by atoms with van der Waals surface area (Å²) < 4.78 is 40.5. The standard InChI is InChI=1S/C19H18F3NO/c1-11-7-13(3-6-16(11)21)18(24)23-10-19(9-12(19)2)15-5-4-14(20)8-17(15)22/h3-8,12H,9-10H2,1-2H3,(H,23,24). The number of rotatable bonds is 4. The summed E-state index contributed by atoms with van der Waals surface area (Å²) in [4.78, 5) is 12.3. The van der Waals surface area contributed by atoms with Gasteiger partial charge in [0.2, 0.25) is 0 Å². The minimum Gasteiger partial charge on any atom is -0.351 e. The second kappa shape index (κ2) is 5.96. The Hall–Kier alpha value is -2.30. The fourth-order valence-electron chi connectivity index (χ4n) is 3.22.